The number of benzene rings is 1. The average molecular weight is 274 g/mol. The van der Waals surface area contributed by atoms with Gasteiger partial charge in [-0.3, -0.25) is 4.79 Å². The van der Waals surface area contributed by atoms with E-state index in [2.05, 4.69) is 11.9 Å². The van der Waals surface area contributed by atoms with Crippen LogP contribution in [-0.4, -0.2) is 19.6 Å². The number of hydrogen-bond donors (Lipinski definition) is 1. The summed E-state index contributed by atoms with van der Waals surface area (Å²) in [7, 11) is 1.53. The minimum absolute atomic E-state index is 0.124. The minimum Gasteiger partial charge on any atom is -0.380 e. The van der Waals surface area contributed by atoms with Gasteiger partial charge < -0.3 is 10.1 Å². The van der Waals surface area contributed by atoms with Crippen LogP contribution in [0.1, 0.15) is 12.5 Å². The lowest BCUT2D eigenvalue weighted by atomic mass is 10.1. The first-order chi connectivity index (χ1) is 9.53. The lowest BCUT2D eigenvalue weighted by Gasteiger charge is -2.09. The fourth-order valence-corrected chi connectivity index (χ4v) is 1.64. The molecule has 1 aromatic carbocycles. The Labute approximate surface area is 117 Å². The van der Waals surface area contributed by atoms with Gasteiger partial charge in [-0.25, -0.2) is 4.39 Å². The molecule has 20 heavy (non-hydrogen) atoms. The van der Waals surface area contributed by atoms with E-state index in [0.717, 1.165) is 11.6 Å². The molecule has 0 unspecified atom stereocenters. The molecule has 0 atom stereocenters. The van der Waals surface area contributed by atoms with Crippen LogP contribution < -0.4 is 5.32 Å². The number of anilines is 1. The third-order valence-corrected chi connectivity index (χ3v) is 2.61. The van der Waals surface area contributed by atoms with Gasteiger partial charge in [-0.15, -0.1) is 0 Å². The highest BCUT2D eigenvalue weighted by atomic mass is 19.1. The zero-order chi connectivity index (χ0) is 15.1. The molecule has 1 amide bonds. The summed E-state index contributed by atoms with van der Waals surface area (Å²) < 4.78 is 18.1. The molecule has 0 heterocycles. The number of methoxy groups -OCH3 is 1. The van der Waals surface area contributed by atoms with Gasteiger partial charge in [-0.2, -0.15) is 5.26 Å². The van der Waals surface area contributed by atoms with E-state index in [4.69, 9.17) is 10.00 Å². The maximum Gasteiger partial charge on any atom is 0.255 e. The van der Waals surface area contributed by atoms with E-state index in [1.54, 1.807) is 13.0 Å². The van der Waals surface area contributed by atoms with E-state index in [-0.39, 0.29) is 11.5 Å². The van der Waals surface area contributed by atoms with Crippen molar-refractivity contribution in [2.75, 3.05) is 19.0 Å². The van der Waals surface area contributed by atoms with Crippen molar-refractivity contribution in [2.45, 2.75) is 6.92 Å². The molecule has 0 aliphatic heterocycles. The molecule has 0 aliphatic carbocycles. The highest BCUT2D eigenvalue weighted by Crippen LogP contribution is 2.16. The topological polar surface area (TPSA) is 62.1 Å². The number of halogens is 1. The number of hydrogen-bond acceptors (Lipinski definition) is 3. The Hall–Kier alpha value is -2.45. The number of nitrogens with one attached hydrogen (secondary N) is 1. The first-order valence-electron chi connectivity index (χ1n) is 5.85. The van der Waals surface area contributed by atoms with Crippen molar-refractivity contribution in [3.8, 4) is 6.07 Å². The van der Waals surface area contributed by atoms with Gasteiger partial charge in [-0.1, -0.05) is 12.7 Å². The second-order valence-electron chi connectivity index (χ2n) is 4.09. The van der Waals surface area contributed by atoms with E-state index in [1.807, 2.05) is 0 Å². The number of nitriles is 1. The van der Waals surface area contributed by atoms with Gasteiger partial charge in [0.1, 0.15) is 11.9 Å². The normalized spacial score (nSPS) is 11.3. The number of carbonyl (C=O) groups excluding carboxylic acids is 1. The van der Waals surface area contributed by atoms with Gasteiger partial charge in [0.15, 0.2) is 0 Å². The molecule has 104 valence electrons. The van der Waals surface area contributed by atoms with E-state index in [1.165, 1.54) is 25.3 Å². The van der Waals surface area contributed by atoms with Crippen molar-refractivity contribution in [3.05, 3.63) is 53.4 Å². The molecule has 0 saturated carbocycles. The fraction of sp³-hybridized carbons (Fsp3) is 0.200. The Bertz CT molecular complexity index is 600. The van der Waals surface area contributed by atoms with Gasteiger partial charge in [0, 0.05) is 18.4 Å². The summed E-state index contributed by atoms with van der Waals surface area (Å²) in [4.78, 5) is 12.1. The molecule has 0 aromatic heterocycles. The molecular formula is C15H15FN2O2. The van der Waals surface area contributed by atoms with Crippen LogP contribution in [0.2, 0.25) is 0 Å². The Morgan fingerprint density at radius 2 is 2.30 bits per heavy atom. The van der Waals surface area contributed by atoms with Gasteiger partial charge in [0.25, 0.3) is 5.91 Å². The molecule has 0 aliphatic rings. The zero-order valence-corrected chi connectivity index (χ0v) is 11.4. The summed E-state index contributed by atoms with van der Waals surface area (Å²) in [5, 5.41) is 11.3. The molecule has 1 rings (SSSR count). The summed E-state index contributed by atoms with van der Waals surface area (Å²) in [6.07, 6.45) is 1.43. The van der Waals surface area contributed by atoms with E-state index in [0.29, 0.717) is 17.9 Å². The number of ether oxygens (including phenoxy) is 1. The van der Waals surface area contributed by atoms with E-state index < -0.39 is 5.82 Å². The van der Waals surface area contributed by atoms with Crippen molar-refractivity contribution < 1.29 is 13.9 Å². The second kappa shape index (κ2) is 7.22. The predicted octanol–water partition coefficient (Wildman–Crippen LogP) is 2.78. The van der Waals surface area contributed by atoms with Crippen molar-refractivity contribution in [3.63, 3.8) is 0 Å². The molecule has 0 fully saturated rings. The molecule has 0 saturated heterocycles. The SMILES string of the molecule is C=C/C(C(=O)Nc1ccc(F)c(C#N)c1)=C(\C)COC. The zero-order valence-electron chi connectivity index (χ0n) is 11.4. The quantitative estimate of drug-likeness (QED) is 0.663. The Balaban J connectivity index is 2.98. The van der Waals surface area contributed by atoms with Crippen LogP contribution in [0.25, 0.3) is 0 Å². The molecule has 4 nitrogen and oxygen atoms in total. The highest BCUT2D eigenvalue weighted by molar-refractivity contribution is 6.06. The minimum atomic E-state index is -0.624. The maximum absolute atomic E-state index is 13.2. The van der Waals surface area contributed by atoms with Gasteiger partial charge >= 0.3 is 0 Å². The molecule has 0 spiro atoms. The molecular weight excluding hydrogens is 259 g/mol. The molecule has 0 radical (unpaired) electrons. The molecule has 5 heteroatoms. The monoisotopic (exact) mass is 274 g/mol. The Kier molecular flexibility index (Phi) is 5.63. The van der Waals surface area contributed by atoms with Crippen LogP contribution in [0, 0.1) is 17.1 Å². The summed E-state index contributed by atoms with van der Waals surface area (Å²) in [5.41, 5.74) is 1.33. The van der Waals surface area contributed by atoms with E-state index >= 15 is 0 Å². The Morgan fingerprint density at radius 3 is 2.85 bits per heavy atom. The first kappa shape index (κ1) is 15.6. The van der Waals surface area contributed by atoms with Crippen molar-refractivity contribution in [2.24, 2.45) is 0 Å². The van der Waals surface area contributed by atoms with Crippen LogP contribution in [0.5, 0.6) is 0 Å². The third-order valence-electron chi connectivity index (χ3n) is 2.61. The van der Waals surface area contributed by atoms with E-state index in [9.17, 15) is 9.18 Å². The van der Waals surface area contributed by atoms with Crippen molar-refractivity contribution >= 4 is 11.6 Å². The van der Waals surface area contributed by atoms with Crippen molar-refractivity contribution in [1.82, 2.24) is 0 Å². The average Bonchev–Trinajstić information content (AvgIpc) is 2.42. The second-order valence-corrected chi connectivity index (χ2v) is 4.09. The number of carbonyl (C=O) groups is 1. The first-order valence-corrected chi connectivity index (χ1v) is 5.85. The predicted molar refractivity (Wildman–Crippen MR) is 74.5 cm³/mol. The van der Waals surface area contributed by atoms with Gasteiger partial charge in [0.2, 0.25) is 0 Å². The molecule has 1 aromatic rings. The van der Waals surface area contributed by atoms with Crippen LogP contribution in [-0.2, 0) is 9.53 Å². The van der Waals surface area contributed by atoms with Crippen molar-refractivity contribution in [1.29, 1.82) is 5.26 Å². The number of amides is 1. The van der Waals surface area contributed by atoms with Gasteiger partial charge in [0.05, 0.1) is 12.2 Å². The smallest absolute Gasteiger partial charge is 0.255 e. The molecule has 0 bridgehead atoms. The number of nitrogens with zero attached hydrogens (tertiary/aromatic N) is 1. The summed E-state index contributed by atoms with van der Waals surface area (Å²) in [6.45, 7) is 5.65. The third kappa shape index (κ3) is 3.77. The number of rotatable bonds is 5. The largest absolute Gasteiger partial charge is 0.380 e. The van der Waals surface area contributed by atoms with Crippen LogP contribution in [0.15, 0.2) is 42.0 Å². The summed E-state index contributed by atoms with van der Waals surface area (Å²) in [5.74, 6) is -1.01. The highest BCUT2D eigenvalue weighted by Gasteiger charge is 2.11. The molecule has 1 N–H and O–H groups in total. The van der Waals surface area contributed by atoms with Gasteiger partial charge in [-0.05, 0) is 30.7 Å². The van der Waals surface area contributed by atoms with Crippen LogP contribution in [0.3, 0.4) is 0 Å². The lowest BCUT2D eigenvalue weighted by molar-refractivity contribution is -0.112. The van der Waals surface area contributed by atoms with Crippen LogP contribution >= 0.6 is 0 Å². The lowest BCUT2D eigenvalue weighted by Crippen LogP contribution is -2.15. The summed E-state index contributed by atoms with van der Waals surface area (Å²) in [6, 6.07) is 5.52. The fourth-order valence-electron chi connectivity index (χ4n) is 1.64. The summed E-state index contributed by atoms with van der Waals surface area (Å²) >= 11 is 0. The maximum atomic E-state index is 13.2. The van der Waals surface area contributed by atoms with Crippen LogP contribution in [0.4, 0.5) is 10.1 Å². The Morgan fingerprint density at radius 1 is 1.60 bits per heavy atom. The standard InChI is InChI=1S/C15H15FN2O2/c1-4-13(10(2)9-20-3)15(19)18-12-5-6-14(16)11(7-12)8-17/h4-7H,1,9H2,2-3H3,(H,18,19)/b13-10-.